The normalized spacial score (nSPS) is 12.6. The number of halogens is 1. The predicted molar refractivity (Wildman–Crippen MR) is 91.6 cm³/mol. The molecule has 1 atom stereocenters. The lowest BCUT2D eigenvalue weighted by molar-refractivity contribution is 0.572. The van der Waals surface area contributed by atoms with E-state index in [1.807, 2.05) is 0 Å². The first-order valence-electron chi connectivity index (χ1n) is 8.50. The van der Waals surface area contributed by atoms with Crippen molar-refractivity contribution in [1.29, 1.82) is 0 Å². The summed E-state index contributed by atoms with van der Waals surface area (Å²) in [6, 6.07) is 8.89. The van der Waals surface area contributed by atoms with E-state index in [4.69, 9.17) is 11.6 Å². The van der Waals surface area contributed by atoms with Crippen LogP contribution in [0.15, 0.2) is 24.3 Å². The zero-order chi connectivity index (χ0) is 14.6. The van der Waals surface area contributed by atoms with Crippen LogP contribution in [0, 0.1) is 0 Å². The van der Waals surface area contributed by atoms with E-state index in [1.165, 1.54) is 68.9 Å². The number of hydrogen-bond donors (Lipinski definition) is 0. The van der Waals surface area contributed by atoms with Crippen molar-refractivity contribution in [2.24, 2.45) is 0 Å². The predicted octanol–water partition coefficient (Wildman–Crippen LogP) is 7.06. The number of benzene rings is 1. The first kappa shape index (κ1) is 17.6. The van der Waals surface area contributed by atoms with Gasteiger partial charge in [0, 0.05) is 0 Å². The second-order valence-corrected chi connectivity index (χ2v) is 6.40. The van der Waals surface area contributed by atoms with Crippen LogP contribution in [0.2, 0.25) is 0 Å². The topological polar surface area (TPSA) is 0 Å². The van der Waals surface area contributed by atoms with E-state index in [9.17, 15) is 0 Å². The molecule has 0 saturated carbocycles. The standard InChI is InChI=1S/C19H31Cl/c1-3-5-6-7-8-9-10-12-19(20)18-15-13-17(11-4-2)14-16-18/h13-16,19H,3-12H2,1-2H3. The van der Waals surface area contributed by atoms with Gasteiger partial charge < -0.3 is 0 Å². The van der Waals surface area contributed by atoms with Gasteiger partial charge in [-0.25, -0.2) is 0 Å². The molecule has 1 rings (SSSR count). The zero-order valence-corrected chi connectivity index (χ0v) is 14.1. The summed E-state index contributed by atoms with van der Waals surface area (Å²) in [7, 11) is 0. The van der Waals surface area contributed by atoms with Crippen molar-refractivity contribution in [2.75, 3.05) is 0 Å². The molecule has 0 N–H and O–H groups in total. The molecule has 0 aromatic heterocycles. The monoisotopic (exact) mass is 294 g/mol. The Morgan fingerprint density at radius 2 is 1.40 bits per heavy atom. The molecule has 1 unspecified atom stereocenters. The molecule has 1 aromatic carbocycles. The van der Waals surface area contributed by atoms with Gasteiger partial charge >= 0.3 is 0 Å². The van der Waals surface area contributed by atoms with Crippen LogP contribution in [0.3, 0.4) is 0 Å². The molecule has 0 aliphatic heterocycles. The van der Waals surface area contributed by atoms with Gasteiger partial charge in [-0.05, 0) is 24.0 Å². The van der Waals surface area contributed by atoms with Crippen molar-refractivity contribution in [2.45, 2.75) is 83.4 Å². The summed E-state index contributed by atoms with van der Waals surface area (Å²) >= 11 is 6.50. The molecule has 0 aliphatic rings. The fourth-order valence-corrected chi connectivity index (χ4v) is 2.93. The van der Waals surface area contributed by atoms with Crippen LogP contribution in [0.1, 0.15) is 88.1 Å². The SMILES string of the molecule is CCCCCCCCCC(Cl)c1ccc(CCC)cc1. The van der Waals surface area contributed by atoms with E-state index in [0.717, 1.165) is 6.42 Å². The molecule has 0 saturated heterocycles. The Morgan fingerprint density at radius 3 is 2.00 bits per heavy atom. The van der Waals surface area contributed by atoms with E-state index in [2.05, 4.69) is 38.1 Å². The summed E-state index contributed by atoms with van der Waals surface area (Å²) in [5.41, 5.74) is 2.72. The van der Waals surface area contributed by atoms with Gasteiger partial charge in [-0.3, -0.25) is 0 Å². The molecule has 0 heterocycles. The fourth-order valence-electron chi connectivity index (χ4n) is 2.63. The van der Waals surface area contributed by atoms with E-state index >= 15 is 0 Å². The average molecular weight is 295 g/mol. The first-order valence-corrected chi connectivity index (χ1v) is 8.94. The maximum Gasteiger partial charge on any atom is 0.0585 e. The molecule has 114 valence electrons. The number of aryl methyl sites for hydroxylation is 1. The molecular weight excluding hydrogens is 264 g/mol. The lowest BCUT2D eigenvalue weighted by Crippen LogP contribution is -1.92. The molecule has 20 heavy (non-hydrogen) atoms. The zero-order valence-electron chi connectivity index (χ0n) is 13.3. The molecular formula is C19H31Cl. The van der Waals surface area contributed by atoms with Crippen LogP contribution in [0.4, 0.5) is 0 Å². The highest BCUT2D eigenvalue weighted by atomic mass is 35.5. The van der Waals surface area contributed by atoms with Gasteiger partial charge in [0.2, 0.25) is 0 Å². The van der Waals surface area contributed by atoms with Crippen LogP contribution >= 0.6 is 11.6 Å². The van der Waals surface area contributed by atoms with Gasteiger partial charge in [-0.1, -0.05) is 89.5 Å². The van der Waals surface area contributed by atoms with Crippen molar-refractivity contribution in [1.82, 2.24) is 0 Å². The lowest BCUT2D eigenvalue weighted by Gasteiger charge is -2.10. The van der Waals surface area contributed by atoms with Crippen molar-refractivity contribution in [3.63, 3.8) is 0 Å². The Hall–Kier alpha value is -0.490. The largest absolute Gasteiger partial charge is 0.118 e. The second kappa shape index (κ2) is 11.2. The second-order valence-electron chi connectivity index (χ2n) is 5.87. The molecule has 1 aromatic rings. The Balaban J connectivity index is 2.17. The summed E-state index contributed by atoms with van der Waals surface area (Å²) in [4.78, 5) is 0. The van der Waals surface area contributed by atoms with Gasteiger partial charge in [-0.2, -0.15) is 0 Å². The van der Waals surface area contributed by atoms with Gasteiger partial charge in [0.15, 0.2) is 0 Å². The highest BCUT2D eigenvalue weighted by molar-refractivity contribution is 6.20. The summed E-state index contributed by atoms with van der Waals surface area (Å²) in [5.74, 6) is 0. The first-order chi connectivity index (χ1) is 9.77. The summed E-state index contributed by atoms with van der Waals surface area (Å²) in [6.07, 6.45) is 13.0. The highest BCUT2D eigenvalue weighted by Gasteiger charge is 2.07. The van der Waals surface area contributed by atoms with E-state index in [1.54, 1.807) is 0 Å². The van der Waals surface area contributed by atoms with Crippen LogP contribution in [-0.4, -0.2) is 0 Å². The number of unbranched alkanes of at least 4 members (excludes halogenated alkanes) is 6. The maximum atomic E-state index is 6.50. The molecule has 0 fully saturated rings. The summed E-state index contributed by atoms with van der Waals surface area (Å²) in [5, 5.41) is 0.196. The van der Waals surface area contributed by atoms with E-state index in [0.29, 0.717) is 0 Å². The third-order valence-corrected chi connectivity index (χ3v) is 4.41. The van der Waals surface area contributed by atoms with Crippen molar-refractivity contribution < 1.29 is 0 Å². The Labute approximate surface area is 130 Å². The molecule has 0 radical (unpaired) electrons. The molecule has 1 heteroatoms. The van der Waals surface area contributed by atoms with E-state index in [-0.39, 0.29) is 5.38 Å². The number of rotatable bonds is 11. The Morgan fingerprint density at radius 1 is 0.800 bits per heavy atom. The minimum Gasteiger partial charge on any atom is -0.118 e. The molecule has 0 aliphatic carbocycles. The third kappa shape index (κ3) is 7.33. The van der Waals surface area contributed by atoms with Gasteiger partial charge in [-0.15, -0.1) is 11.6 Å². The lowest BCUT2D eigenvalue weighted by atomic mass is 10.0. The fraction of sp³-hybridized carbons (Fsp3) is 0.684. The highest BCUT2D eigenvalue weighted by Crippen LogP contribution is 2.27. The molecule has 0 nitrogen and oxygen atoms in total. The van der Waals surface area contributed by atoms with Gasteiger partial charge in [0.1, 0.15) is 0 Å². The van der Waals surface area contributed by atoms with Gasteiger partial charge in [0.25, 0.3) is 0 Å². The van der Waals surface area contributed by atoms with Gasteiger partial charge in [0.05, 0.1) is 5.38 Å². The van der Waals surface area contributed by atoms with Crippen molar-refractivity contribution in [3.05, 3.63) is 35.4 Å². The molecule has 0 bridgehead atoms. The average Bonchev–Trinajstić information content (AvgIpc) is 2.47. The van der Waals surface area contributed by atoms with Crippen LogP contribution in [0.5, 0.6) is 0 Å². The smallest absolute Gasteiger partial charge is 0.0585 e. The summed E-state index contributed by atoms with van der Waals surface area (Å²) in [6.45, 7) is 4.49. The Kier molecular flexibility index (Phi) is 9.83. The molecule has 0 amide bonds. The number of hydrogen-bond acceptors (Lipinski definition) is 0. The van der Waals surface area contributed by atoms with Crippen LogP contribution < -0.4 is 0 Å². The summed E-state index contributed by atoms with van der Waals surface area (Å²) < 4.78 is 0. The number of alkyl halides is 1. The maximum absolute atomic E-state index is 6.50. The third-order valence-electron chi connectivity index (χ3n) is 3.94. The quantitative estimate of drug-likeness (QED) is 0.303. The molecule has 0 spiro atoms. The minimum atomic E-state index is 0.196. The van der Waals surface area contributed by atoms with E-state index < -0.39 is 0 Å². The van der Waals surface area contributed by atoms with Crippen LogP contribution in [-0.2, 0) is 6.42 Å². The Bertz CT molecular complexity index is 328. The van der Waals surface area contributed by atoms with Crippen molar-refractivity contribution in [3.8, 4) is 0 Å². The van der Waals surface area contributed by atoms with Crippen LogP contribution in [0.25, 0.3) is 0 Å². The minimum absolute atomic E-state index is 0.196. The van der Waals surface area contributed by atoms with Crippen molar-refractivity contribution >= 4 is 11.6 Å².